The second-order valence-electron chi connectivity index (χ2n) is 5.86. The number of nitro groups is 1. The second-order valence-corrected chi connectivity index (χ2v) is 5.86. The van der Waals surface area contributed by atoms with Crippen LogP contribution in [-0.2, 0) is 14.3 Å². The maximum absolute atomic E-state index is 11.4. The van der Waals surface area contributed by atoms with Crippen molar-refractivity contribution in [3.05, 3.63) is 40.0 Å². The Balaban J connectivity index is 1.68. The van der Waals surface area contributed by atoms with E-state index in [1.165, 1.54) is 25.3 Å². The van der Waals surface area contributed by atoms with Gasteiger partial charge in [-0.2, -0.15) is 0 Å². The van der Waals surface area contributed by atoms with Gasteiger partial charge in [-0.1, -0.05) is 6.07 Å². The molecule has 2 fully saturated rings. The number of methoxy groups -OCH3 is 1. The van der Waals surface area contributed by atoms with Crippen LogP contribution in [-0.4, -0.2) is 56.4 Å². The van der Waals surface area contributed by atoms with Crippen molar-refractivity contribution in [1.82, 2.24) is 5.32 Å². The topological polar surface area (TPSA) is 93.9 Å². The van der Waals surface area contributed by atoms with Gasteiger partial charge < -0.3 is 19.7 Å². The fourth-order valence-electron chi connectivity index (χ4n) is 2.74. The molecule has 0 radical (unpaired) electrons. The number of carbonyl (C=O) groups is 1. The predicted octanol–water partition coefficient (Wildman–Crippen LogP) is 0.958. The highest BCUT2D eigenvalue weighted by Gasteiger charge is 2.33. The zero-order chi connectivity index (χ0) is 17.1. The molecule has 0 bridgehead atoms. The van der Waals surface area contributed by atoms with E-state index in [1.54, 1.807) is 12.1 Å². The number of hydrogen-bond acceptors (Lipinski definition) is 7. The summed E-state index contributed by atoms with van der Waals surface area (Å²) in [5.41, 5.74) is 1.21. The summed E-state index contributed by atoms with van der Waals surface area (Å²) < 4.78 is 9.63. The number of hydrogen-bond donors (Lipinski definition) is 1. The minimum absolute atomic E-state index is 0.0347. The van der Waals surface area contributed by atoms with Gasteiger partial charge in [0.2, 0.25) is 0 Å². The molecule has 1 N–H and O–H groups in total. The largest absolute Gasteiger partial charge is 0.466 e. The Kier molecular flexibility index (Phi) is 4.77. The van der Waals surface area contributed by atoms with Gasteiger partial charge in [0.15, 0.2) is 0 Å². The average Bonchev–Trinajstić information content (AvgIpc) is 2.49. The standard InChI is InChI=1S/C16H19N3O5/c1-23-16(20)5-3-11-2-4-14(15(6-11)19(21)22)18-7-12(8-18)17-13-9-24-10-13/h2-6,12-13,17H,7-10H2,1H3/b5-3+. The molecule has 2 aliphatic rings. The van der Waals surface area contributed by atoms with Gasteiger partial charge in [-0.15, -0.1) is 0 Å². The summed E-state index contributed by atoms with van der Waals surface area (Å²) in [6.07, 6.45) is 2.74. The minimum atomic E-state index is -0.502. The van der Waals surface area contributed by atoms with Crippen LogP contribution >= 0.6 is 0 Å². The maximum Gasteiger partial charge on any atom is 0.330 e. The normalized spacial score (nSPS) is 18.3. The summed E-state index contributed by atoms with van der Waals surface area (Å²) in [5, 5.41) is 14.8. The van der Waals surface area contributed by atoms with Crippen molar-refractivity contribution >= 4 is 23.4 Å². The van der Waals surface area contributed by atoms with Gasteiger partial charge in [0.25, 0.3) is 5.69 Å². The number of nitrogens with zero attached hydrogens (tertiary/aromatic N) is 2. The van der Waals surface area contributed by atoms with Crippen molar-refractivity contribution in [2.24, 2.45) is 0 Å². The van der Waals surface area contributed by atoms with E-state index in [4.69, 9.17) is 4.74 Å². The molecule has 8 nitrogen and oxygen atoms in total. The van der Waals surface area contributed by atoms with Gasteiger partial charge in [0.1, 0.15) is 5.69 Å². The van der Waals surface area contributed by atoms with Crippen molar-refractivity contribution in [1.29, 1.82) is 0 Å². The lowest BCUT2D eigenvalue weighted by Crippen LogP contribution is -2.63. The highest BCUT2D eigenvalue weighted by Crippen LogP contribution is 2.32. The molecule has 0 unspecified atom stereocenters. The molecule has 1 aromatic carbocycles. The molecule has 8 heteroatoms. The third-order valence-corrected chi connectivity index (χ3v) is 4.14. The molecule has 2 saturated heterocycles. The lowest BCUT2D eigenvalue weighted by Gasteiger charge is -2.44. The first-order valence-electron chi connectivity index (χ1n) is 7.70. The summed E-state index contributed by atoms with van der Waals surface area (Å²) in [7, 11) is 1.28. The summed E-state index contributed by atoms with van der Waals surface area (Å²) >= 11 is 0. The molecular weight excluding hydrogens is 314 g/mol. The minimum Gasteiger partial charge on any atom is -0.466 e. The zero-order valence-electron chi connectivity index (χ0n) is 13.3. The predicted molar refractivity (Wildman–Crippen MR) is 87.9 cm³/mol. The molecule has 0 amide bonds. The van der Waals surface area contributed by atoms with Crippen LogP contribution in [0.3, 0.4) is 0 Å². The van der Waals surface area contributed by atoms with Crippen molar-refractivity contribution in [2.75, 3.05) is 38.3 Å². The Morgan fingerprint density at radius 2 is 2.17 bits per heavy atom. The molecule has 3 rings (SSSR count). The third-order valence-electron chi connectivity index (χ3n) is 4.14. The SMILES string of the molecule is COC(=O)/C=C/c1ccc(N2CC(NC3COC3)C2)c([N+](=O)[O-])c1. The first kappa shape index (κ1) is 16.4. The Morgan fingerprint density at radius 3 is 2.75 bits per heavy atom. The van der Waals surface area contributed by atoms with Gasteiger partial charge in [0.05, 0.1) is 31.3 Å². The van der Waals surface area contributed by atoms with Crippen LogP contribution in [0.1, 0.15) is 5.56 Å². The van der Waals surface area contributed by atoms with Crippen molar-refractivity contribution < 1.29 is 19.2 Å². The molecular formula is C16H19N3O5. The highest BCUT2D eigenvalue weighted by molar-refractivity contribution is 5.87. The molecule has 128 valence electrons. The first-order chi connectivity index (χ1) is 11.6. The second kappa shape index (κ2) is 6.98. The number of esters is 1. The van der Waals surface area contributed by atoms with Crippen molar-refractivity contribution in [2.45, 2.75) is 12.1 Å². The van der Waals surface area contributed by atoms with E-state index in [0.717, 1.165) is 26.3 Å². The Hall–Kier alpha value is -2.45. The van der Waals surface area contributed by atoms with Crippen molar-refractivity contribution in [3.8, 4) is 0 Å². The molecule has 0 atom stereocenters. The molecule has 0 aliphatic carbocycles. The van der Waals surface area contributed by atoms with E-state index in [9.17, 15) is 14.9 Å². The van der Waals surface area contributed by atoms with Crippen LogP contribution in [0.4, 0.5) is 11.4 Å². The third kappa shape index (κ3) is 3.55. The zero-order valence-corrected chi connectivity index (χ0v) is 13.3. The van der Waals surface area contributed by atoms with Gasteiger partial charge in [-0.25, -0.2) is 4.79 Å². The number of benzene rings is 1. The molecule has 24 heavy (non-hydrogen) atoms. The number of ether oxygens (including phenoxy) is 2. The lowest BCUT2D eigenvalue weighted by molar-refractivity contribution is -0.384. The fourth-order valence-corrected chi connectivity index (χ4v) is 2.74. The number of anilines is 1. The smallest absolute Gasteiger partial charge is 0.330 e. The molecule has 0 saturated carbocycles. The van der Waals surface area contributed by atoms with Gasteiger partial charge in [-0.05, 0) is 17.7 Å². The molecule has 2 heterocycles. The number of nitro benzene ring substituents is 1. The van der Waals surface area contributed by atoms with Crippen LogP contribution in [0, 0.1) is 10.1 Å². The highest BCUT2D eigenvalue weighted by atomic mass is 16.6. The van der Waals surface area contributed by atoms with E-state index in [-0.39, 0.29) is 5.69 Å². The fraction of sp³-hybridized carbons (Fsp3) is 0.438. The van der Waals surface area contributed by atoms with E-state index < -0.39 is 10.9 Å². The number of rotatable bonds is 6. The van der Waals surface area contributed by atoms with E-state index in [2.05, 4.69) is 10.1 Å². The van der Waals surface area contributed by atoms with Gasteiger partial charge in [-0.3, -0.25) is 10.1 Å². The van der Waals surface area contributed by atoms with Crippen LogP contribution in [0.25, 0.3) is 6.08 Å². The van der Waals surface area contributed by atoms with Crippen LogP contribution in [0.15, 0.2) is 24.3 Å². The molecule has 1 aromatic rings. The van der Waals surface area contributed by atoms with Crippen molar-refractivity contribution in [3.63, 3.8) is 0 Å². The maximum atomic E-state index is 11.4. The average molecular weight is 333 g/mol. The Labute approximate surface area is 139 Å². The summed E-state index contributed by atoms with van der Waals surface area (Å²) in [5.74, 6) is -0.502. The van der Waals surface area contributed by atoms with E-state index in [0.29, 0.717) is 23.3 Å². The Morgan fingerprint density at radius 1 is 1.42 bits per heavy atom. The molecule has 0 spiro atoms. The number of nitrogens with one attached hydrogen (secondary N) is 1. The van der Waals surface area contributed by atoms with Gasteiger partial charge >= 0.3 is 5.97 Å². The first-order valence-corrected chi connectivity index (χ1v) is 7.70. The van der Waals surface area contributed by atoms with E-state index >= 15 is 0 Å². The Bertz CT molecular complexity index is 666. The monoisotopic (exact) mass is 333 g/mol. The van der Waals surface area contributed by atoms with Crippen LogP contribution in [0.2, 0.25) is 0 Å². The number of carbonyl (C=O) groups excluding carboxylic acids is 1. The van der Waals surface area contributed by atoms with Crippen LogP contribution in [0.5, 0.6) is 0 Å². The summed E-state index contributed by atoms with van der Waals surface area (Å²) in [6.45, 7) is 2.93. The quantitative estimate of drug-likeness (QED) is 0.358. The molecule has 2 aliphatic heterocycles. The van der Waals surface area contributed by atoms with Crippen LogP contribution < -0.4 is 10.2 Å². The van der Waals surface area contributed by atoms with Gasteiger partial charge in [0, 0.05) is 31.3 Å². The van der Waals surface area contributed by atoms with E-state index in [1.807, 2.05) is 4.90 Å². The molecule has 0 aromatic heterocycles. The summed E-state index contributed by atoms with van der Waals surface area (Å²) in [4.78, 5) is 24.1. The summed E-state index contributed by atoms with van der Waals surface area (Å²) in [6, 6.07) is 5.67. The lowest BCUT2D eigenvalue weighted by atomic mass is 10.0.